The first kappa shape index (κ1) is 32.3. The molecule has 1 aliphatic carbocycles. The van der Waals surface area contributed by atoms with E-state index in [0.29, 0.717) is 11.6 Å². The van der Waals surface area contributed by atoms with Gasteiger partial charge in [-0.3, -0.25) is 0 Å². The number of aromatic nitrogens is 3. The molecule has 6 aromatic carbocycles. The van der Waals surface area contributed by atoms with Crippen LogP contribution in [0.3, 0.4) is 0 Å². The Labute approximate surface area is 309 Å². The average molecular weight is 684 g/mol. The van der Waals surface area contributed by atoms with Gasteiger partial charge in [0.25, 0.3) is 0 Å². The molecule has 0 amide bonds. The number of allylic oxidation sites excluding steroid dienone is 5. The van der Waals surface area contributed by atoms with Crippen LogP contribution in [0.5, 0.6) is 0 Å². The van der Waals surface area contributed by atoms with Gasteiger partial charge < -0.3 is 4.42 Å². The van der Waals surface area contributed by atoms with Gasteiger partial charge >= 0.3 is 0 Å². The summed E-state index contributed by atoms with van der Waals surface area (Å²) in [6.45, 7) is 6.17. The summed E-state index contributed by atoms with van der Waals surface area (Å²) in [5, 5.41) is 4.42. The maximum absolute atomic E-state index is 6.71. The highest BCUT2D eigenvalue weighted by Gasteiger charge is 2.30. The summed E-state index contributed by atoms with van der Waals surface area (Å²) in [7, 11) is 0. The van der Waals surface area contributed by atoms with Gasteiger partial charge in [-0.25, -0.2) is 15.0 Å². The summed E-state index contributed by atoms with van der Waals surface area (Å²) in [5.74, 6) is 2.02. The summed E-state index contributed by atoms with van der Waals surface area (Å²) in [4.78, 5) is 15.5. The Hall–Kier alpha value is -6.65. The minimum absolute atomic E-state index is 0.419. The number of benzene rings is 6. The highest BCUT2D eigenvalue weighted by molar-refractivity contribution is 6.16. The third-order valence-electron chi connectivity index (χ3n) is 10.3. The normalized spacial score (nSPS) is 15.8. The van der Waals surface area contributed by atoms with Crippen LogP contribution in [-0.4, -0.2) is 15.0 Å². The molecule has 4 heteroatoms. The summed E-state index contributed by atoms with van der Waals surface area (Å²) in [6, 6.07) is 46.0. The molecule has 9 rings (SSSR count). The summed E-state index contributed by atoms with van der Waals surface area (Å²) in [5.41, 5.74) is 8.87. The van der Waals surface area contributed by atoms with Gasteiger partial charge in [0.1, 0.15) is 17.0 Å². The number of nitrogens with zero attached hydrogens (tertiary/aromatic N) is 3. The van der Waals surface area contributed by atoms with Gasteiger partial charge in [-0.1, -0.05) is 170 Å². The predicted octanol–water partition coefficient (Wildman–Crippen LogP) is 12.8. The molecular formula is C49H37N3O. The zero-order chi connectivity index (χ0) is 35.8. The van der Waals surface area contributed by atoms with E-state index in [0.717, 1.165) is 68.4 Å². The largest absolute Gasteiger partial charge is 0.455 e. The van der Waals surface area contributed by atoms with Crippen LogP contribution in [0.1, 0.15) is 36.7 Å². The van der Waals surface area contributed by atoms with Gasteiger partial charge in [-0.15, -0.1) is 0 Å². The summed E-state index contributed by atoms with van der Waals surface area (Å²) >= 11 is 0. The van der Waals surface area contributed by atoms with Gasteiger partial charge in [-0.2, -0.15) is 0 Å². The molecule has 1 atom stereocenters. The second-order valence-corrected chi connectivity index (χ2v) is 13.8. The molecule has 2 heterocycles. The molecule has 1 aliphatic rings. The van der Waals surface area contributed by atoms with Crippen molar-refractivity contribution in [1.82, 2.24) is 15.0 Å². The molecule has 8 aromatic rings. The number of para-hydroxylation sites is 1. The van der Waals surface area contributed by atoms with Crippen molar-refractivity contribution in [2.45, 2.75) is 25.2 Å². The number of fused-ring (bicyclic) bond motifs is 4. The number of hydrogen-bond donors (Lipinski definition) is 0. The zero-order valence-electron chi connectivity index (χ0n) is 29.5. The zero-order valence-corrected chi connectivity index (χ0v) is 29.5. The van der Waals surface area contributed by atoms with Crippen molar-refractivity contribution in [1.29, 1.82) is 0 Å². The quantitative estimate of drug-likeness (QED) is 0.160. The van der Waals surface area contributed by atoms with E-state index < -0.39 is 5.41 Å². The van der Waals surface area contributed by atoms with E-state index in [4.69, 9.17) is 19.4 Å². The lowest BCUT2D eigenvalue weighted by atomic mass is 9.80. The lowest BCUT2D eigenvalue weighted by Crippen LogP contribution is -2.24. The summed E-state index contributed by atoms with van der Waals surface area (Å²) < 4.78 is 6.71. The van der Waals surface area contributed by atoms with Crippen LogP contribution in [0.2, 0.25) is 0 Å². The van der Waals surface area contributed by atoms with Crippen LogP contribution in [0, 0.1) is 0 Å². The van der Waals surface area contributed by atoms with Crippen LogP contribution >= 0.6 is 0 Å². The van der Waals surface area contributed by atoms with Crippen molar-refractivity contribution < 1.29 is 4.42 Å². The smallest absolute Gasteiger partial charge is 0.164 e. The van der Waals surface area contributed by atoms with Crippen LogP contribution in [-0.2, 0) is 5.41 Å². The third kappa shape index (κ3) is 5.98. The van der Waals surface area contributed by atoms with Crippen molar-refractivity contribution in [3.05, 3.63) is 187 Å². The number of hydrogen-bond acceptors (Lipinski definition) is 4. The van der Waals surface area contributed by atoms with E-state index in [1.54, 1.807) is 0 Å². The molecular weight excluding hydrogens is 647 g/mol. The second kappa shape index (κ2) is 13.5. The Bertz CT molecular complexity index is 2760. The molecule has 53 heavy (non-hydrogen) atoms. The van der Waals surface area contributed by atoms with Crippen LogP contribution < -0.4 is 0 Å². The predicted molar refractivity (Wildman–Crippen MR) is 220 cm³/mol. The molecule has 0 aliphatic heterocycles. The van der Waals surface area contributed by atoms with Crippen molar-refractivity contribution in [2.24, 2.45) is 0 Å². The molecule has 0 saturated carbocycles. The molecule has 0 spiro atoms. The Morgan fingerprint density at radius 1 is 0.679 bits per heavy atom. The Kier molecular flexibility index (Phi) is 8.21. The SMILES string of the molecule is C=Cc1ccccc1/C=C\CC1=CCC(C)(c2nc(-c3ccccc3)nc(-c3cccc4oc5c(-c6cccc7ccccc67)cccc5c34)n2)C=C1. The van der Waals surface area contributed by atoms with Crippen molar-refractivity contribution in [3.8, 4) is 33.9 Å². The maximum Gasteiger partial charge on any atom is 0.164 e. The molecule has 254 valence electrons. The molecule has 1 unspecified atom stereocenters. The van der Waals surface area contributed by atoms with E-state index in [2.05, 4.69) is 141 Å². The Morgan fingerprint density at radius 3 is 2.23 bits per heavy atom. The lowest BCUT2D eigenvalue weighted by Gasteiger charge is -2.27. The molecule has 0 radical (unpaired) electrons. The highest BCUT2D eigenvalue weighted by atomic mass is 16.3. The standard InChI is InChI=1S/C49H37N3O/c1-3-34-16-7-8-17-35(34)21-11-15-33-29-31-49(2,32-30-33)48-51-46(37-19-5-4-6-20-37)50-47(52-48)42-27-14-28-43-44(42)41-26-13-25-40(45(41)53-43)39-24-12-22-36-18-9-10-23-38(36)39/h3-14,16-31H,1,15,32H2,2H3/b21-11-. The minimum Gasteiger partial charge on any atom is -0.455 e. The first-order valence-electron chi connectivity index (χ1n) is 18.1. The van der Waals surface area contributed by atoms with Gasteiger partial charge in [0.2, 0.25) is 0 Å². The first-order chi connectivity index (χ1) is 26.1. The monoisotopic (exact) mass is 683 g/mol. The second-order valence-electron chi connectivity index (χ2n) is 13.8. The van der Waals surface area contributed by atoms with Crippen LogP contribution in [0.25, 0.3) is 78.8 Å². The Balaban J connectivity index is 1.13. The lowest BCUT2D eigenvalue weighted by molar-refractivity contribution is 0.551. The molecule has 0 saturated heterocycles. The van der Waals surface area contributed by atoms with E-state index in [1.807, 2.05) is 42.5 Å². The maximum atomic E-state index is 6.71. The fourth-order valence-corrected chi connectivity index (χ4v) is 7.43. The van der Waals surface area contributed by atoms with Crippen LogP contribution in [0.4, 0.5) is 0 Å². The molecule has 4 nitrogen and oxygen atoms in total. The third-order valence-corrected chi connectivity index (χ3v) is 10.3. The molecule has 0 bridgehead atoms. The van der Waals surface area contributed by atoms with Crippen molar-refractivity contribution in [2.75, 3.05) is 0 Å². The molecule has 0 fully saturated rings. The summed E-state index contributed by atoms with van der Waals surface area (Å²) in [6.07, 6.45) is 14.7. The molecule has 0 N–H and O–H groups in total. The molecule has 2 aromatic heterocycles. The average Bonchev–Trinajstić information content (AvgIpc) is 3.61. The fourth-order valence-electron chi connectivity index (χ4n) is 7.43. The fraction of sp³-hybridized carbons (Fsp3) is 0.0816. The van der Waals surface area contributed by atoms with E-state index >= 15 is 0 Å². The number of furan rings is 1. The highest BCUT2D eigenvalue weighted by Crippen LogP contribution is 2.42. The topological polar surface area (TPSA) is 51.8 Å². The van der Waals surface area contributed by atoms with Gasteiger partial charge in [-0.05, 0) is 58.9 Å². The first-order valence-corrected chi connectivity index (χ1v) is 18.1. The van der Waals surface area contributed by atoms with E-state index in [1.165, 1.54) is 21.9 Å². The van der Waals surface area contributed by atoms with Gasteiger partial charge in [0, 0.05) is 32.9 Å². The number of rotatable bonds is 8. The van der Waals surface area contributed by atoms with E-state index in [-0.39, 0.29) is 0 Å². The van der Waals surface area contributed by atoms with Crippen LogP contribution in [0.15, 0.2) is 174 Å². The van der Waals surface area contributed by atoms with E-state index in [9.17, 15) is 0 Å². The Morgan fingerprint density at radius 2 is 1.38 bits per heavy atom. The van der Waals surface area contributed by atoms with Crippen molar-refractivity contribution >= 4 is 44.9 Å². The minimum atomic E-state index is -0.419. The van der Waals surface area contributed by atoms with Gasteiger partial charge in [0.15, 0.2) is 11.6 Å². The van der Waals surface area contributed by atoms with Crippen molar-refractivity contribution in [3.63, 3.8) is 0 Å². The van der Waals surface area contributed by atoms with Gasteiger partial charge in [0.05, 0.1) is 0 Å².